The summed E-state index contributed by atoms with van der Waals surface area (Å²) in [6.45, 7) is 7.69. The predicted molar refractivity (Wildman–Crippen MR) is 79.7 cm³/mol. The smallest absolute Gasteiger partial charge is 0.119 e. The number of hydrogen-bond acceptors (Lipinski definition) is 4. The van der Waals surface area contributed by atoms with Gasteiger partial charge in [0.1, 0.15) is 10.8 Å². The van der Waals surface area contributed by atoms with E-state index in [0.29, 0.717) is 6.61 Å². The molecule has 1 N–H and O–H groups in total. The van der Waals surface area contributed by atoms with Crippen molar-refractivity contribution in [2.75, 3.05) is 6.61 Å². The number of aryl methyl sites for hydroxylation is 1. The molecule has 3 nitrogen and oxygen atoms in total. The van der Waals surface area contributed by atoms with Gasteiger partial charge in [-0.1, -0.05) is 12.1 Å². The monoisotopic (exact) mass is 276 g/mol. The molecule has 1 aromatic heterocycles. The summed E-state index contributed by atoms with van der Waals surface area (Å²) in [5.41, 5.74) is 2.32. The molecule has 0 aliphatic rings. The number of nitrogens with zero attached hydrogens (tertiary/aromatic N) is 1. The number of thiazole rings is 1. The van der Waals surface area contributed by atoms with Gasteiger partial charge >= 0.3 is 0 Å². The van der Waals surface area contributed by atoms with Gasteiger partial charge in [-0.25, -0.2) is 4.98 Å². The van der Waals surface area contributed by atoms with E-state index in [2.05, 4.69) is 34.7 Å². The number of aromatic nitrogens is 1. The van der Waals surface area contributed by atoms with E-state index in [1.54, 1.807) is 11.3 Å². The molecule has 0 radical (unpaired) electrons. The summed E-state index contributed by atoms with van der Waals surface area (Å²) in [7, 11) is 0. The van der Waals surface area contributed by atoms with Crippen LogP contribution in [0.1, 0.15) is 36.2 Å². The summed E-state index contributed by atoms with van der Waals surface area (Å²) in [4.78, 5) is 4.50. The van der Waals surface area contributed by atoms with Gasteiger partial charge in [0.15, 0.2) is 0 Å². The van der Waals surface area contributed by atoms with Crippen molar-refractivity contribution in [3.8, 4) is 5.75 Å². The number of benzene rings is 1. The van der Waals surface area contributed by atoms with Crippen LogP contribution in [0.25, 0.3) is 0 Å². The van der Waals surface area contributed by atoms with E-state index >= 15 is 0 Å². The molecule has 0 amide bonds. The maximum Gasteiger partial charge on any atom is 0.119 e. The summed E-state index contributed by atoms with van der Waals surface area (Å²) in [6, 6.07) is 8.47. The number of rotatable bonds is 6. The summed E-state index contributed by atoms with van der Waals surface area (Å²) >= 11 is 1.71. The molecule has 2 rings (SSSR count). The number of nitrogens with one attached hydrogen (secondary N) is 1. The molecule has 0 spiro atoms. The molecule has 1 aromatic carbocycles. The molecule has 102 valence electrons. The Kier molecular flexibility index (Phi) is 4.93. The zero-order valence-electron chi connectivity index (χ0n) is 11.6. The first kappa shape index (κ1) is 14.0. The van der Waals surface area contributed by atoms with Crippen molar-refractivity contribution >= 4 is 11.3 Å². The fourth-order valence-electron chi connectivity index (χ4n) is 1.84. The molecule has 0 aliphatic heterocycles. The van der Waals surface area contributed by atoms with Gasteiger partial charge in [-0.3, -0.25) is 0 Å². The van der Waals surface area contributed by atoms with Gasteiger partial charge in [0, 0.05) is 17.6 Å². The Balaban J connectivity index is 1.93. The number of ether oxygens (including phenoxy) is 1. The van der Waals surface area contributed by atoms with Gasteiger partial charge in [-0.05, 0) is 38.5 Å². The Morgan fingerprint density at radius 3 is 2.95 bits per heavy atom. The minimum absolute atomic E-state index is 0.273. The Hall–Kier alpha value is -1.39. The van der Waals surface area contributed by atoms with Crippen LogP contribution in [0.2, 0.25) is 0 Å². The predicted octanol–water partition coefficient (Wildman–Crippen LogP) is 3.70. The van der Waals surface area contributed by atoms with Crippen LogP contribution in [0, 0.1) is 6.92 Å². The molecule has 1 atom stereocenters. The van der Waals surface area contributed by atoms with E-state index in [1.807, 2.05) is 26.0 Å². The number of hydrogen-bond donors (Lipinski definition) is 1. The largest absolute Gasteiger partial charge is 0.494 e. The van der Waals surface area contributed by atoms with E-state index < -0.39 is 0 Å². The second-order valence-electron chi connectivity index (χ2n) is 4.51. The molecule has 0 saturated heterocycles. The van der Waals surface area contributed by atoms with Crippen LogP contribution in [-0.2, 0) is 6.54 Å². The molecule has 19 heavy (non-hydrogen) atoms. The van der Waals surface area contributed by atoms with Crippen LogP contribution >= 0.6 is 11.3 Å². The quantitative estimate of drug-likeness (QED) is 0.873. The first-order valence-electron chi connectivity index (χ1n) is 6.56. The van der Waals surface area contributed by atoms with Crippen molar-refractivity contribution in [1.29, 1.82) is 0 Å². The molecule has 1 unspecified atom stereocenters. The van der Waals surface area contributed by atoms with E-state index in [1.165, 1.54) is 5.56 Å². The first-order valence-corrected chi connectivity index (χ1v) is 7.44. The Bertz CT molecular complexity index is 524. The molecule has 2 aromatic rings. The van der Waals surface area contributed by atoms with Crippen molar-refractivity contribution in [3.05, 3.63) is 45.9 Å². The average molecular weight is 276 g/mol. The van der Waals surface area contributed by atoms with Crippen LogP contribution in [-0.4, -0.2) is 11.6 Å². The van der Waals surface area contributed by atoms with Crippen LogP contribution in [0.15, 0.2) is 29.6 Å². The van der Waals surface area contributed by atoms with Crippen molar-refractivity contribution in [2.24, 2.45) is 0 Å². The molecule has 4 heteroatoms. The molecule has 0 aliphatic carbocycles. The van der Waals surface area contributed by atoms with Gasteiger partial charge in [-0.2, -0.15) is 0 Å². The van der Waals surface area contributed by atoms with E-state index in [4.69, 9.17) is 4.74 Å². The van der Waals surface area contributed by atoms with Crippen molar-refractivity contribution in [2.45, 2.75) is 33.4 Å². The maximum atomic E-state index is 5.50. The molecule has 0 fully saturated rings. The molecular weight excluding hydrogens is 256 g/mol. The lowest BCUT2D eigenvalue weighted by atomic mass is 10.2. The fraction of sp³-hybridized carbons (Fsp3) is 0.400. The Labute approximate surface area is 118 Å². The maximum absolute atomic E-state index is 5.50. The van der Waals surface area contributed by atoms with Crippen LogP contribution in [0.4, 0.5) is 0 Å². The minimum atomic E-state index is 0.273. The highest BCUT2D eigenvalue weighted by molar-refractivity contribution is 7.09. The summed E-state index contributed by atoms with van der Waals surface area (Å²) < 4.78 is 5.50. The topological polar surface area (TPSA) is 34.1 Å². The van der Waals surface area contributed by atoms with Crippen LogP contribution in [0.3, 0.4) is 0 Å². The van der Waals surface area contributed by atoms with Crippen LogP contribution < -0.4 is 10.1 Å². The Morgan fingerprint density at radius 2 is 2.26 bits per heavy atom. The third-order valence-electron chi connectivity index (χ3n) is 2.83. The Morgan fingerprint density at radius 1 is 1.42 bits per heavy atom. The summed E-state index contributed by atoms with van der Waals surface area (Å²) in [5, 5.41) is 6.71. The van der Waals surface area contributed by atoms with E-state index in [0.717, 1.165) is 23.0 Å². The van der Waals surface area contributed by atoms with Crippen molar-refractivity contribution in [1.82, 2.24) is 10.3 Å². The molecular formula is C15H20N2OS. The second-order valence-corrected chi connectivity index (χ2v) is 5.40. The zero-order valence-corrected chi connectivity index (χ0v) is 12.5. The van der Waals surface area contributed by atoms with Gasteiger partial charge in [0.25, 0.3) is 0 Å². The third-order valence-corrected chi connectivity index (χ3v) is 3.97. The molecule has 1 heterocycles. The SMILES string of the molecule is CCOc1cccc(CNC(C)c2nc(C)cs2)c1. The van der Waals surface area contributed by atoms with Crippen molar-refractivity contribution in [3.63, 3.8) is 0 Å². The zero-order chi connectivity index (χ0) is 13.7. The lowest BCUT2D eigenvalue weighted by Gasteiger charge is -2.12. The molecule has 0 bridgehead atoms. The lowest BCUT2D eigenvalue weighted by Crippen LogP contribution is -2.18. The van der Waals surface area contributed by atoms with E-state index in [9.17, 15) is 0 Å². The highest BCUT2D eigenvalue weighted by Gasteiger charge is 2.08. The second kappa shape index (κ2) is 6.68. The average Bonchev–Trinajstić information content (AvgIpc) is 2.84. The first-order chi connectivity index (χ1) is 9.19. The highest BCUT2D eigenvalue weighted by atomic mass is 32.1. The minimum Gasteiger partial charge on any atom is -0.494 e. The van der Waals surface area contributed by atoms with E-state index in [-0.39, 0.29) is 6.04 Å². The van der Waals surface area contributed by atoms with Gasteiger partial charge < -0.3 is 10.1 Å². The van der Waals surface area contributed by atoms with Gasteiger partial charge in [0.05, 0.1) is 12.6 Å². The standard InChI is InChI=1S/C15H20N2OS/c1-4-18-14-7-5-6-13(8-14)9-16-12(3)15-17-11(2)10-19-15/h5-8,10,12,16H,4,9H2,1-3H3. The fourth-order valence-corrected chi connectivity index (χ4v) is 2.67. The lowest BCUT2D eigenvalue weighted by molar-refractivity contribution is 0.339. The highest BCUT2D eigenvalue weighted by Crippen LogP contribution is 2.19. The van der Waals surface area contributed by atoms with Crippen molar-refractivity contribution < 1.29 is 4.74 Å². The van der Waals surface area contributed by atoms with Crippen LogP contribution in [0.5, 0.6) is 5.75 Å². The summed E-state index contributed by atoms with van der Waals surface area (Å²) in [5.74, 6) is 0.930. The molecule has 0 saturated carbocycles. The van der Waals surface area contributed by atoms with Gasteiger partial charge in [-0.15, -0.1) is 11.3 Å². The third kappa shape index (κ3) is 4.04. The van der Waals surface area contributed by atoms with Gasteiger partial charge in [0.2, 0.25) is 0 Å². The normalized spacial score (nSPS) is 12.4. The summed E-state index contributed by atoms with van der Waals surface area (Å²) in [6.07, 6.45) is 0.